The van der Waals surface area contributed by atoms with Crippen molar-refractivity contribution in [1.29, 1.82) is 0 Å². The SMILES string of the molecule is CCCCCC(=O)NCN(C)C. The highest BCUT2D eigenvalue weighted by Gasteiger charge is 1.99. The molecule has 0 heterocycles. The molecular weight excluding hydrogens is 152 g/mol. The van der Waals surface area contributed by atoms with Gasteiger partial charge in [0, 0.05) is 6.42 Å². The van der Waals surface area contributed by atoms with E-state index < -0.39 is 0 Å². The van der Waals surface area contributed by atoms with Gasteiger partial charge in [0.15, 0.2) is 0 Å². The highest BCUT2D eigenvalue weighted by Crippen LogP contribution is 1.97. The molecule has 3 nitrogen and oxygen atoms in total. The van der Waals surface area contributed by atoms with Crippen LogP contribution in [0, 0.1) is 0 Å². The normalized spacial score (nSPS) is 10.3. The van der Waals surface area contributed by atoms with Gasteiger partial charge in [-0.1, -0.05) is 19.8 Å². The quantitative estimate of drug-likeness (QED) is 0.482. The first-order valence-corrected chi connectivity index (χ1v) is 4.58. The third kappa shape index (κ3) is 7.54. The molecule has 12 heavy (non-hydrogen) atoms. The van der Waals surface area contributed by atoms with E-state index in [1.807, 2.05) is 19.0 Å². The monoisotopic (exact) mass is 172 g/mol. The number of hydrogen-bond donors (Lipinski definition) is 1. The number of carbonyl (C=O) groups is 1. The molecule has 0 fully saturated rings. The van der Waals surface area contributed by atoms with Crippen molar-refractivity contribution in [2.24, 2.45) is 0 Å². The topological polar surface area (TPSA) is 32.3 Å². The van der Waals surface area contributed by atoms with Crippen molar-refractivity contribution in [2.75, 3.05) is 20.8 Å². The molecule has 0 radical (unpaired) electrons. The maximum Gasteiger partial charge on any atom is 0.220 e. The molecular formula is C9H20N2O. The Morgan fingerprint density at radius 1 is 1.33 bits per heavy atom. The summed E-state index contributed by atoms with van der Waals surface area (Å²) >= 11 is 0. The third-order valence-electron chi connectivity index (χ3n) is 1.60. The number of nitrogens with zero attached hydrogens (tertiary/aromatic N) is 1. The zero-order valence-corrected chi connectivity index (χ0v) is 8.39. The fourth-order valence-electron chi connectivity index (χ4n) is 0.870. The van der Waals surface area contributed by atoms with Crippen molar-refractivity contribution >= 4 is 5.91 Å². The molecule has 0 aromatic rings. The summed E-state index contributed by atoms with van der Waals surface area (Å²) in [5.41, 5.74) is 0. The van der Waals surface area contributed by atoms with Crippen molar-refractivity contribution in [3.05, 3.63) is 0 Å². The number of rotatable bonds is 6. The van der Waals surface area contributed by atoms with Crippen LogP contribution in [0.1, 0.15) is 32.6 Å². The Morgan fingerprint density at radius 3 is 2.50 bits per heavy atom. The average Bonchev–Trinajstić information content (AvgIpc) is 2.01. The fraction of sp³-hybridized carbons (Fsp3) is 0.889. The molecule has 1 N–H and O–H groups in total. The molecule has 0 aliphatic rings. The minimum atomic E-state index is 0.164. The molecule has 3 heteroatoms. The molecule has 0 aromatic heterocycles. The van der Waals surface area contributed by atoms with Crippen LogP contribution >= 0.6 is 0 Å². The van der Waals surface area contributed by atoms with E-state index in [1.54, 1.807) is 0 Å². The number of unbranched alkanes of at least 4 members (excludes halogenated alkanes) is 2. The Balaban J connectivity index is 3.22. The molecule has 0 saturated heterocycles. The van der Waals surface area contributed by atoms with Crippen LogP contribution in [-0.2, 0) is 4.79 Å². The van der Waals surface area contributed by atoms with Gasteiger partial charge in [0.25, 0.3) is 0 Å². The second kappa shape index (κ2) is 7.10. The van der Waals surface area contributed by atoms with E-state index >= 15 is 0 Å². The van der Waals surface area contributed by atoms with Crippen molar-refractivity contribution in [1.82, 2.24) is 10.2 Å². The molecule has 72 valence electrons. The molecule has 0 aliphatic carbocycles. The molecule has 0 aromatic carbocycles. The van der Waals surface area contributed by atoms with Gasteiger partial charge in [0.05, 0.1) is 6.67 Å². The lowest BCUT2D eigenvalue weighted by molar-refractivity contribution is -0.121. The first-order valence-electron chi connectivity index (χ1n) is 4.58. The van der Waals surface area contributed by atoms with Gasteiger partial charge in [-0.25, -0.2) is 0 Å². The number of nitrogens with one attached hydrogen (secondary N) is 1. The first kappa shape index (κ1) is 11.4. The Kier molecular flexibility index (Phi) is 6.76. The van der Waals surface area contributed by atoms with E-state index in [0.29, 0.717) is 13.1 Å². The van der Waals surface area contributed by atoms with E-state index in [4.69, 9.17) is 0 Å². The van der Waals surface area contributed by atoms with Crippen LogP contribution in [0.4, 0.5) is 0 Å². The highest BCUT2D eigenvalue weighted by atomic mass is 16.1. The smallest absolute Gasteiger partial charge is 0.220 e. The van der Waals surface area contributed by atoms with Crippen LogP contribution in [0.15, 0.2) is 0 Å². The fourth-order valence-corrected chi connectivity index (χ4v) is 0.870. The van der Waals surface area contributed by atoms with Crippen molar-refractivity contribution < 1.29 is 4.79 Å². The molecule has 0 aliphatic heterocycles. The number of carbonyl (C=O) groups excluding carboxylic acids is 1. The maximum atomic E-state index is 11.1. The maximum absolute atomic E-state index is 11.1. The Labute approximate surface area is 75.1 Å². The van der Waals surface area contributed by atoms with Crippen LogP contribution in [0.5, 0.6) is 0 Å². The molecule has 0 atom stereocenters. The number of hydrogen-bond acceptors (Lipinski definition) is 2. The van der Waals surface area contributed by atoms with Crippen molar-refractivity contribution in [2.45, 2.75) is 32.6 Å². The second-order valence-electron chi connectivity index (χ2n) is 3.29. The summed E-state index contributed by atoms with van der Waals surface area (Å²) in [4.78, 5) is 13.0. The van der Waals surface area contributed by atoms with Gasteiger partial charge in [0.1, 0.15) is 0 Å². The molecule has 0 saturated carbocycles. The summed E-state index contributed by atoms with van der Waals surface area (Å²) in [7, 11) is 3.87. The van der Waals surface area contributed by atoms with E-state index in [-0.39, 0.29) is 5.91 Å². The van der Waals surface area contributed by atoms with Crippen LogP contribution in [-0.4, -0.2) is 31.6 Å². The van der Waals surface area contributed by atoms with Gasteiger partial charge < -0.3 is 5.32 Å². The summed E-state index contributed by atoms with van der Waals surface area (Å²) in [6.45, 7) is 2.78. The van der Waals surface area contributed by atoms with Gasteiger partial charge in [-0.15, -0.1) is 0 Å². The standard InChI is InChI=1S/C9H20N2O/c1-4-5-6-7-9(12)10-8-11(2)3/h4-8H2,1-3H3,(H,10,12). The zero-order valence-electron chi connectivity index (χ0n) is 8.39. The summed E-state index contributed by atoms with van der Waals surface area (Å²) < 4.78 is 0. The average molecular weight is 172 g/mol. The van der Waals surface area contributed by atoms with Gasteiger partial charge >= 0.3 is 0 Å². The zero-order chi connectivity index (χ0) is 9.40. The third-order valence-corrected chi connectivity index (χ3v) is 1.60. The number of amides is 1. The van der Waals surface area contributed by atoms with E-state index in [1.165, 1.54) is 6.42 Å². The minimum Gasteiger partial charge on any atom is -0.343 e. The van der Waals surface area contributed by atoms with Gasteiger partial charge in [0.2, 0.25) is 5.91 Å². The van der Waals surface area contributed by atoms with Gasteiger partial charge in [-0.3, -0.25) is 9.69 Å². The molecule has 0 spiro atoms. The van der Waals surface area contributed by atoms with Gasteiger partial charge in [-0.2, -0.15) is 0 Å². The Morgan fingerprint density at radius 2 is 2.00 bits per heavy atom. The Hall–Kier alpha value is -0.570. The first-order chi connectivity index (χ1) is 5.66. The second-order valence-corrected chi connectivity index (χ2v) is 3.29. The van der Waals surface area contributed by atoms with Crippen LogP contribution in [0.2, 0.25) is 0 Å². The van der Waals surface area contributed by atoms with E-state index in [0.717, 1.165) is 12.8 Å². The summed E-state index contributed by atoms with van der Waals surface area (Å²) in [6.07, 6.45) is 3.99. The minimum absolute atomic E-state index is 0.164. The summed E-state index contributed by atoms with van der Waals surface area (Å²) in [5, 5.41) is 2.83. The predicted molar refractivity (Wildman–Crippen MR) is 50.8 cm³/mol. The Bertz CT molecular complexity index is 124. The van der Waals surface area contributed by atoms with E-state index in [2.05, 4.69) is 12.2 Å². The van der Waals surface area contributed by atoms with Crippen LogP contribution < -0.4 is 5.32 Å². The molecule has 0 bridgehead atoms. The molecule has 0 rings (SSSR count). The van der Waals surface area contributed by atoms with Crippen molar-refractivity contribution in [3.63, 3.8) is 0 Å². The van der Waals surface area contributed by atoms with E-state index in [9.17, 15) is 4.79 Å². The highest BCUT2D eigenvalue weighted by molar-refractivity contribution is 5.75. The predicted octanol–water partition coefficient (Wildman–Crippen LogP) is 1.20. The van der Waals surface area contributed by atoms with Crippen LogP contribution in [0.3, 0.4) is 0 Å². The molecule has 0 unspecified atom stereocenters. The summed E-state index contributed by atoms with van der Waals surface area (Å²) in [6, 6.07) is 0. The van der Waals surface area contributed by atoms with Crippen molar-refractivity contribution in [3.8, 4) is 0 Å². The molecule has 1 amide bonds. The lowest BCUT2D eigenvalue weighted by Crippen LogP contribution is -2.32. The lowest BCUT2D eigenvalue weighted by atomic mass is 10.2. The lowest BCUT2D eigenvalue weighted by Gasteiger charge is -2.10. The largest absolute Gasteiger partial charge is 0.343 e. The summed E-state index contributed by atoms with van der Waals surface area (Å²) in [5.74, 6) is 0.164. The van der Waals surface area contributed by atoms with Gasteiger partial charge in [-0.05, 0) is 20.5 Å². The van der Waals surface area contributed by atoms with Crippen LogP contribution in [0.25, 0.3) is 0 Å².